The molecule has 28 heavy (non-hydrogen) atoms. The molecule has 2 aromatic heterocycles. The summed E-state index contributed by atoms with van der Waals surface area (Å²) in [5.41, 5.74) is 4.84. The number of anilines is 1. The minimum absolute atomic E-state index is 0.522. The summed E-state index contributed by atoms with van der Waals surface area (Å²) in [4.78, 5) is 10.0. The number of likely N-dealkylation sites (N-methyl/N-ethyl adjacent to an activating group) is 1. The fraction of sp³-hybridized carbons (Fsp3) is 0.273. The molecule has 2 aromatic carbocycles. The van der Waals surface area contributed by atoms with Gasteiger partial charge in [-0.25, -0.2) is 0 Å². The molecule has 0 spiro atoms. The van der Waals surface area contributed by atoms with E-state index in [0.717, 1.165) is 24.0 Å². The Hall–Kier alpha value is -3.12. The molecule has 0 atom stereocenters. The summed E-state index contributed by atoms with van der Waals surface area (Å²) in [6.45, 7) is 1.70. The van der Waals surface area contributed by atoms with Crippen molar-refractivity contribution in [2.45, 2.75) is 19.4 Å². The van der Waals surface area contributed by atoms with Gasteiger partial charge < -0.3 is 19.7 Å². The first kappa shape index (κ1) is 18.3. The van der Waals surface area contributed by atoms with Crippen molar-refractivity contribution in [3.05, 3.63) is 77.3 Å². The second-order valence-electron chi connectivity index (χ2n) is 7.27. The van der Waals surface area contributed by atoms with Crippen molar-refractivity contribution in [1.29, 1.82) is 0 Å². The van der Waals surface area contributed by atoms with E-state index < -0.39 is 0 Å². The van der Waals surface area contributed by atoms with Crippen LogP contribution in [0.2, 0.25) is 0 Å². The molecule has 0 radical (unpaired) electrons. The fourth-order valence-electron chi connectivity index (χ4n) is 3.24. The molecule has 0 saturated carbocycles. The number of aromatic amines is 1. The molecule has 6 nitrogen and oxygen atoms in total. The molecule has 0 amide bonds. The lowest BCUT2D eigenvalue weighted by atomic mass is 10.1. The molecular weight excluding hydrogens is 350 g/mol. The summed E-state index contributed by atoms with van der Waals surface area (Å²) < 4.78 is 5.42. The molecule has 2 N–H and O–H groups in total. The lowest BCUT2D eigenvalue weighted by molar-refractivity contribution is 0.386. The van der Waals surface area contributed by atoms with Crippen LogP contribution in [-0.4, -0.2) is 40.7 Å². The van der Waals surface area contributed by atoms with Crippen LogP contribution in [0, 0.1) is 0 Å². The number of nitrogens with zero attached hydrogens (tertiary/aromatic N) is 3. The summed E-state index contributed by atoms with van der Waals surface area (Å²) in [7, 11) is 4.19. The van der Waals surface area contributed by atoms with Gasteiger partial charge in [-0.05, 0) is 54.5 Å². The summed E-state index contributed by atoms with van der Waals surface area (Å²) in [6, 6.07) is 16.6. The molecule has 6 heteroatoms. The van der Waals surface area contributed by atoms with E-state index in [0.29, 0.717) is 24.8 Å². The predicted molar refractivity (Wildman–Crippen MR) is 111 cm³/mol. The van der Waals surface area contributed by atoms with E-state index >= 15 is 0 Å². The summed E-state index contributed by atoms with van der Waals surface area (Å²) in [5.74, 6) is 1.13. The number of H-pyrrole nitrogens is 1. The van der Waals surface area contributed by atoms with Gasteiger partial charge in [-0.1, -0.05) is 36.4 Å². The average molecular weight is 375 g/mol. The Morgan fingerprint density at radius 3 is 2.75 bits per heavy atom. The quantitative estimate of drug-likeness (QED) is 0.489. The third kappa shape index (κ3) is 4.40. The zero-order valence-corrected chi connectivity index (χ0v) is 16.3. The molecule has 0 unspecified atom stereocenters. The van der Waals surface area contributed by atoms with Crippen molar-refractivity contribution in [3.8, 4) is 0 Å². The van der Waals surface area contributed by atoms with Crippen LogP contribution in [0.1, 0.15) is 22.6 Å². The van der Waals surface area contributed by atoms with E-state index in [1.807, 2.05) is 18.2 Å². The van der Waals surface area contributed by atoms with E-state index in [1.54, 1.807) is 0 Å². The monoisotopic (exact) mass is 375 g/mol. The van der Waals surface area contributed by atoms with Gasteiger partial charge in [0, 0.05) is 30.2 Å². The molecule has 4 rings (SSSR count). The minimum atomic E-state index is 0.522. The topological polar surface area (TPSA) is 70.0 Å². The van der Waals surface area contributed by atoms with Crippen molar-refractivity contribution >= 4 is 16.9 Å². The van der Waals surface area contributed by atoms with Crippen LogP contribution in [0.15, 0.2) is 59.3 Å². The number of fused-ring (bicyclic) bond motifs is 1. The number of hydrogen-bond acceptors (Lipinski definition) is 5. The maximum absolute atomic E-state index is 5.42. The van der Waals surface area contributed by atoms with Gasteiger partial charge in [0.2, 0.25) is 5.89 Å². The van der Waals surface area contributed by atoms with Crippen LogP contribution in [-0.2, 0) is 19.4 Å². The highest BCUT2D eigenvalue weighted by atomic mass is 16.5. The Kier molecular flexibility index (Phi) is 5.39. The van der Waals surface area contributed by atoms with Crippen LogP contribution >= 0.6 is 0 Å². The molecule has 0 bridgehead atoms. The Bertz CT molecular complexity index is 1040. The number of benzene rings is 2. The first-order chi connectivity index (χ1) is 13.7. The largest absolute Gasteiger partial charge is 0.361 e. The molecule has 144 valence electrons. The van der Waals surface area contributed by atoms with E-state index in [9.17, 15) is 0 Å². The van der Waals surface area contributed by atoms with E-state index in [1.165, 1.54) is 16.5 Å². The maximum Gasteiger partial charge on any atom is 0.263 e. The third-order valence-corrected chi connectivity index (χ3v) is 4.78. The zero-order chi connectivity index (χ0) is 19.3. The Morgan fingerprint density at radius 2 is 1.93 bits per heavy atom. The number of hydrogen-bond donors (Lipinski definition) is 2. The maximum atomic E-state index is 5.42. The van der Waals surface area contributed by atoms with E-state index in [2.05, 4.69) is 76.0 Å². The van der Waals surface area contributed by atoms with Gasteiger partial charge in [0.15, 0.2) is 0 Å². The molecule has 0 saturated heterocycles. The summed E-state index contributed by atoms with van der Waals surface area (Å²) in [5, 5.41) is 8.51. The van der Waals surface area contributed by atoms with Crippen molar-refractivity contribution in [1.82, 2.24) is 20.0 Å². The van der Waals surface area contributed by atoms with Gasteiger partial charge in [-0.15, -0.1) is 0 Å². The molecule has 2 heterocycles. The lowest BCUT2D eigenvalue weighted by Gasteiger charge is -2.08. The predicted octanol–water partition coefficient (Wildman–Crippen LogP) is 3.86. The Labute approximate surface area is 164 Å². The highest BCUT2D eigenvalue weighted by Gasteiger charge is 2.10. The molecular formula is C22H25N5O. The van der Waals surface area contributed by atoms with E-state index in [4.69, 9.17) is 4.52 Å². The van der Waals surface area contributed by atoms with Crippen LogP contribution in [0.3, 0.4) is 0 Å². The minimum Gasteiger partial charge on any atom is -0.361 e. The standard InChI is InChI=1S/C22H25N5O/c1-27(2)11-10-18-15-23-20-9-8-17(12-19(18)20)13-21-25-22(26-28-21)24-14-16-6-4-3-5-7-16/h3-9,12,15,23H,10-11,13-14H2,1-2H3,(H,24,26). The zero-order valence-electron chi connectivity index (χ0n) is 16.3. The second kappa shape index (κ2) is 8.27. The number of rotatable bonds is 8. The van der Waals surface area contributed by atoms with Gasteiger partial charge >= 0.3 is 0 Å². The lowest BCUT2D eigenvalue weighted by Crippen LogP contribution is -2.14. The molecule has 0 aliphatic rings. The third-order valence-electron chi connectivity index (χ3n) is 4.78. The smallest absolute Gasteiger partial charge is 0.263 e. The van der Waals surface area contributed by atoms with Crippen molar-refractivity contribution in [3.63, 3.8) is 0 Å². The van der Waals surface area contributed by atoms with Crippen LogP contribution in [0.25, 0.3) is 10.9 Å². The van der Waals surface area contributed by atoms with Gasteiger partial charge in [0.25, 0.3) is 5.95 Å². The first-order valence-electron chi connectivity index (χ1n) is 9.51. The number of aromatic nitrogens is 3. The summed E-state index contributed by atoms with van der Waals surface area (Å²) >= 11 is 0. The van der Waals surface area contributed by atoms with Crippen LogP contribution in [0.4, 0.5) is 5.95 Å². The highest BCUT2D eigenvalue weighted by molar-refractivity contribution is 5.84. The Morgan fingerprint density at radius 1 is 1.07 bits per heavy atom. The van der Waals surface area contributed by atoms with Crippen LogP contribution < -0.4 is 5.32 Å². The molecule has 0 fully saturated rings. The molecule has 0 aliphatic carbocycles. The van der Waals surface area contributed by atoms with Gasteiger partial charge in [0.05, 0.1) is 6.42 Å². The van der Waals surface area contributed by atoms with Gasteiger partial charge in [-0.2, -0.15) is 4.98 Å². The second-order valence-corrected chi connectivity index (χ2v) is 7.27. The number of nitrogens with one attached hydrogen (secondary N) is 2. The van der Waals surface area contributed by atoms with Crippen LogP contribution in [0.5, 0.6) is 0 Å². The van der Waals surface area contributed by atoms with Crippen molar-refractivity contribution in [2.24, 2.45) is 0 Å². The SMILES string of the molecule is CN(C)CCc1c[nH]c2ccc(Cc3nc(NCc4ccccc4)no3)cc12. The molecule has 0 aliphatic heterocycles. The van der Waals surface area contributed by atoms with Crippen molar-refractivity contribution < 1.29 is 4.52 Å². The van der Waals surface area contributed by atoms with Crippen molar-refractivity contribution in [2.75, 3.05) is 26.0 Å². The normalized spacial score (nSPS) is 11.4. The Balaban J connectivity index is 1.43. The average Bonchev–Trinajstić information content (AvgIpc) is 3.32. The van der Waals surface area contributed by atoms with Gasteiger partial charge in [-0.3, -0.25) is 0 Å². The summed E-state index contributed by atoms with van der Waals surface area (Å²) in [6.07, 6.45) is 3.75. The molecule has 4 aromatic rings. The fourth-order valence-corrected chi connectivity index (χ4v) is 3.24. The van der Waals surface area contributed by atoms with Gasteiger partial charge in [0.1, 0.15) is 0 Å². The highest BCUT2D eigenvalue weighted by Crippen LogP contribution is 2.22. The van der Waals surface area contributed by atoms with E-state index in [-0.39, 0.29) is 0 Å². The first-order valence-corrected chi connectivity index (χ1v) is 9.51.